The number of hydrogen-bond donors (Lipinski definition) is 1. The lowest BCUT2D eigenvalue weighted by atomic mass is 10.0. The molecule has 8 nitrogen and oxygen atoms in total. The number of hydrogen-bond acceptors (Lipinski definition) is 7. The highest BCUT2D eigenvalue weighted by Crippen LogP contribution is 2.23. The Kier molecular flexibility index (Phi) is 5.93. The fraction of sp³-hybridized carbons (Fsp3) is 0.579. The van der Waals surface area contributed by atoms with Crippen molar-refractivity contribution in [3.05, 3.63) is 34.7 Å². The third-order valence-electron chi connectivity index (χ3n) is 4.82. The van der Waals surface area contributed by atoms with E-state index in [2.05, 4.69) is 25.3 Å². The van der Waals surface area contributed by atoms with Gasteiger partial charge in [-0.1, -0.05) is 0 Å². The van der Waals surface area contributed by atoms with Crippen LogP contribution in [0.3, 0.4) is 0 Å². The molecular weight excluding hydrogens is 342 g/mol. The first-order valence-electron chi connectivity index (χ1n) is 9.56. The maximum atomic E-state index is 12.0. The van der Waals surface area contributed by atoms with E-state index in [1.807, 2.05) is 45.0 Å². The Labute approximate surface area is 160 Å². The van der Waals surface area contributed by atoms with E-state index in [0.717, 1.165) is 37.6 Å². The summed E-state index contributed by atoms with van der Waals surface area (Å²) in [6, 6.07) is 5.67. The summed E-state index contributed by atoms with van der Waals surface area (Å²) >= 11 is 0. The van der Waals surface area contributed by atoms with Gasteiger partial charge in [0.05, 0.1) is 6.04 Å². The topological polar surface area (TPSA) is 79.2 Å². The number of rotatable bonds is 6. The molecule has 1 atom stereocenters. The van der Waals surface area contributed by atoms with Crippen LogP contribution in [-0.4, -0.2) is 53.0 Å². The normalized spacial score (nSPS) is 17.2. The summed E-state index contributed by atoms with van der Waals surface area (Å²) in [5.41, 5.74) is -0.0608. The van der Waals surface area contributed by atoms with Gasteiger partial charge in [-0.25, -0.2) is 9.67 Å². The highest BCUT2D eigenvalue weighted by atomic mass is 16.1. The molecule has 2 aromatic rings. The van der Waals surface area contributed by atoms with Crippen molar-refractivity contribution in [3.8, 4) is 0 Å². The van der Waals surface area contributed by atoms with E-state index < -0.39 is 0 Å². The van der Waals surface area contributed by atoms with Crippen LogP contribution in [0.15, 0.2) is 29.2 Å². The minimum atomic E-state index is -0.0608. The van der Waals surface area contributed by atoms with Gasteiger partial charge in [-0.05, 0) is 45.2 Å². The van der Waals surface area contributed by atoms with Crippen LogP contribution in [0.2, 0.25) is 0 Å². The van der Waals surface area contributed by atoms with Gasteiger partial charge in [0.2, 0.25) is 5.95 Å². The number of nitrogens with zero attached hydrogens (tertiary/aromatic N) is 6. The molecular formula is C19H29N7O. The Morgan fingerprint density at radius 3 is 2.81 bits per heavy atom. The first kappa shape index (κ1) is 19.1. The fourth-order valence-electron chi connectivity index (χ4n) is 3.35. The quantitative estimate of drug-likeness (QED) is 0.833. The molecule has 146 valence electrons. The van der Waals surface area contributed by atoms with E-state index in [-0.39, 0.29) is 17.6 Å². The van der Waals surface area contributed by atoms with Crippen molar-refractivity contribution in [2.24, 2.45) is 0 Å². The van der Waals surface area contributed by atoms with Crippen molar-refractivity contribution in [1.29, 1.82) is 0 Å². The molecule has 0 spiro atoms. The van der Waals surface area contributed by atoms with Crippen molar-refractivity contribution >= 4 is 17.6 Å². The van der Waals surface area contributed by atoms with E-state index in [4.69, 9.17) is 0 Å². The molecule has 3 rings (SSSR count). The highest BCUT2D eigenvalue weighted by Gasteiger charge is 2.24. The molecule has 2 aromatic heterocycles. The third-order valence-corrected chi connectivity index (χ3v) is 4.82. The zero-order valence-corrected chi connectivity index (χ0v) is 16.6. The minimum Gasteiger partial charge on any atom is -0.363 e. The lowest BCUT2D eigenvalue weighted by molar-refractivity contribution is 0.451. The van der Waals surface area contributed by atoms with Crippen molar-refractivity contribution in [3.63, 3.8) is 0 Å². The van der Waals surface area contributed by atoms with Crippen LogP contribution in [0.5, 0.6) is 0 Å². The molecule has 1 saturated heterocycles. The number of piperidine rings is 1. The largest absolute Gasteiger partial charge is 0.363 e. The third kappa shape index (κ3) is 4.56. The molecule has 0 aromatic carbocycles. The standard InChI is InChI=1S/C19H29N7O/c1-14(2)26-18(27)9-8-17(23-26)25-12-6-5-7-15(25)13-21-19-20-11-10-16(22-19)24(3)4/h8-11,14-15H,5-7,12-13H2,1-4H3,(H,20,21,22). The molecule has 1 unspecified atom stereocenters. The van der Waals surface area contributed by atoms with E-state index in [1.165, 1.54) is 6.42 Å². The Bertz CT molecular complexity index is 818. The average Bonchev–Trinajstić information content (AvgIpc) is 2.67. The molecule has 3 heterocycles. The maximum Gasteiger partial charge on any atom is 0.267 e. The van der Waals surface area contributed by atoms with Crippen LogP contribution in [0, 0.1) is 0 Å². The zero-order chi connectivity index (χ0) is 19.4. The number of nitrogens with one attached hydrogen (secondary N) is 1. The molecule has 0 aliphatic carbocycles. The van der Waals surface area contributed by atoms with E-state index in [9.17, 15) is 4.79 Å². The van der Waals surface area contributed by atoms with E-state index >= 15 is 0 Å². The molecule has 0 bridgehead atoms. The molecule has 27 heavy (non-hydrogen) atoms. The second-order valence-electron chi connectivity index (χ2n) is 7.42. The van der Waals surface area contributed by atoms with Crippen LogP contribution < -0.4 is 20.7 Å². The van der Waals surface area contributed by atoms with E-state index in [1.54, 1.807) is 16.9 Å². The summed E-state index contributed by atoms with van der Waals surface area (Å²) in [6.07, 6.45) is 5.16. The second kappa shape index (κ2) is 8.37. The molecule has 0 radical (unpaired) electrons. The van der Waals surface area contributed by atoms with E-state index in [0.29, 0.717) is 5.95 Å². The van der Waals surface area contributed by atoms with Crippen molar-refractivity contribution in [1.82, 2.24) is 19.7 Å². The van der Waals surface area contributed by atoms with Crippen molar-refractivity contribution in [2.45, 2.75) is 45.2 Å². The summed E-state index contributed by atoms with van der Waals surface area (Å²) in [6.45, 7) is 5.62. The summed E-state index contributed by atoms with van der Waals surface area (Å²) in [4.78, 5) is 25.1. The van der Waals surface area contributed by atoms with Gasteiger partial charge in [0.25, 0.3) is 5.56 Å². The smallest absolute Gasteiger partial charge is 0.267 e. The summed E-state index contributed by atoms with van der Waals surface area (Å²) in [5.74, 6) is 2.36. The molecule has 1 aliphatic rings. The molecule has 1 aliphatic heterocycles. The zero-order valence-electron chi connectivity index (χ0n) is 16.6. The summed E-state index contributed by atoms with van der Waals surface area (Å²) in [7, 11) is 3.93. The minimum absolute atomic E-state index is 0.0426. The predicted octanol–water partition coefficient (Wildman–Crippen LogP) is 2.15. The van der Waals surface area contributed by atoms with Gasteiger partial charge in [0.1, 0.15) is 11.6 Å². The predicted molar refractivity (Wildman–Crippen MR) is 109 cm³/mol. The van der Waals surface area contributed by atoms with Gasteiger partial charge < -0.3 is 15.1 Å². The monoisotopic (exact) mass is 371 g/mol. The second-order valence-corrected chi connectivity index (χ2v) is 7.42. The molecule has 0 saturated carbocycles. The Balaban J connectivity index is 1.75. The molecule has 1 fully saturated rings. The summed E-state index contributed by atoms with van der Waals surface area (Å²) < 4.78 is 1.55. The lowest BCUT2D eigenvalue weighted by Gasteiger charge is -2.37. The molecule has 0 amide bonds. The van der Waals surface area contributed by atoms with Crippen LogP contribution in [-0.2, 0) is 0 Å². The van der Waals surface area contributed by atoms with Gasteiger partial charge in [-0.3, -0.25) is 4.79 Å². The highest BCUT2D eigenvalue weighted by molar-refractivity contribution is 5.42. The van der Waals surface area contributed by atoms with Crippen LogP contribution >= 0.6 is 0 Å². The van der Waals surface area contributed by atoms with Gasteiger partial charge >= 0.3 is 0 Å². The van der Waals surface area contributed by atoms with Crippen LogP contribution in [0.1, 0.15) is 39.2 Å². The first-order valence-corrected chi connectivity index (χ1v) is 9.56. The molecule has 1 N–H and O–H groups in total. The maximum absolute atomic E-state index is 12.0. The van der Waals surface area contributed by atoms with Crippen molar-refractivity contribution in [2.75, 3.05) is 42.3 Å². The SMILES string of the molecule is CC(C)n1nc(N2CCCCC2CNc2nccc(N(C)C)n2)ccc1=O. The number of aromatic nitrogens is 4. The Morgan fingerprint density at radius 2 is 2.07 bits per heavy atom. The molecule has 8 heteroatoms. The average molecular weight is 371 g/mol. The fourth-order valence-corrected chi connectivity index (χ4v) is 3.35. The van der Waals surface area contributed by atoms with Gasteiger partial charge in [0.15, 0.2) is 0 Å². The van der Waals surface area contributed by atoms with Crippen LogP contribution in [0.25, 0.3) is 0 Å². The van der Waals surface area contributed by atoms with Gasteiger partial charge in [-0.2, -0.15) is 10.1 Å². The Morgan fingerprint density at radius 1 is 1.26 bits per heavy atom. The first-order chi connectivity index (χ1) is 13.0. The van der Waals surface area contributed by atoms with Gasteiger partial charge in [0, 0.05) is 45.5 Å². The lowest BCUT2D eigenvalue weighted by Crippen LogP contribution is -2.45. The number of anilines is 3. The van der Waals surface area contributed by atoms with Gasteiger partial charge in [-0.15, -0.1) is 0 Å². The summed E-state index contributed by atoms with van der Waals surface area (Å²) in [5, 5.41) is 7.97. The van der Waals surface area contributed by atoms with Crippen LogP contribution in [0.4, 0.5) is 17.6 Å². The Hall–Kier alpha value is -2.64. The van der Waals surface area contributed by atoms with Crippen molar-refractivity contribution < 1.29 is 0 Å².